The summed E-state index contributed by atoms with van der Waals surface area (Å²) in [6, 6.07) is 3.33. The lowest BCUT2D eigenvalue weighted by Crippen LogP contribution is -2.47. The molecule has 1 unspecified atom stereocenters. The van der Waals surface area contributed by atoms with Crippen LogP contribution in [-0.2, 0) is 0 Å². The standard InChI is InChI=1S/C11H12F3NO2S/c1-7-2-3-8(18-7)9(16)15-5-4-10(17,6-15)11(12,13)14/h2-3,17H,4-6H2,1H3. The Bertz CT molecular complexity index is 471. The third-order valence-corrected chi connectivity index (χ3v) is 4.00. The number of alkyl halides is 3. The first-order valence-electron chi connectivity index (χ1n) is 5.38. The van der Waals surface area contributed by atoms with Crippen molar-refractivity contribution in [1.82, 2.24) is 4.90 Å². The van der Waals surface area contributed by atoms with Gasteiger partial charge in [0, 0.05) is 17.8 Å². The third-order valence-electron chi connectivity index (χ3n) is 3.01. The summed E-state index contributed by atoms with van der Waals surface area (Å²) in [5.41, 5.74) is -2.77. The van der Waals surface area contributed by atoms with Crippen molar-refractivity contribution in [2.75, 3.05) is 13.1 Å². The molecule has 0 bridgehead atoms. The Kier molecular flexibility index (Phi) is 3.14. The van der Waals surface area contributed by atoms with Crippen LogP contribution in [0.5, 0.6) is 0 Å². The van der Waals surface area contributed by atoms with E-state index < -0.39 is 30.7 Å². The van der Waals surface area contributed by atoms with Gasteiger partial charge in [-0.2, -0.15) is 13.2 Å². The number of amides is 1. The number of thiophene rings is 1. The summed E-state index contributed by atoms with van der Waals surface area (Å²) < 4.78 is 37.8. The molecule has 1 N–H and O–H groups in total. The molecule has 18 heavy (non-hydrogen) atoms. The van der Waals surface area contributed by atoms with Crippen molar-refractivity contribution >= 4 is 17.2 Å². The molecule has 2 rings (SSSR count). The van der Waals surface area contributed by atoms with Crippen molar-refractivity contribution in [2.45, 2.75) is 25.1 Å². The highest BCUT2D eigenvalue weighted by atomic mass is 32.1. The first kappa shape index (κ1) is 13.4. The monoisotopic (exact) mass is 279 g/mol. The number of carbonyl (C=O) groups is 1. The predicted octanol–water partition coefficient (Wildman–Crippen LogP) is 2.20. The maximum Gasteiger partial charge on any atom is 0.419 e. The summed E-state index contributed by atoms with van der Waals surface area (Å²) in [5, 5.41) is 9.48. The van der Waals surface area contributed by atoms with Crippen molar-refractivity contribution in [2.24, 2.45) is 0 Å². The molecule has 0 saturated carbocycles. The lowest BCUT2D eigenvalue weighted by Gasteiger charge is -2.25. The van der Waals surface area contributed by atoms with Crippen LogP contribution < -0.4 is 0 Å². The Labute approximate surface area is 106 Å². The SMILES string of the molecule is Cc1ccc(C(=O)N2CCC(O)(C(F)(F)F)C2)s1. The minimum absolute atomic E-state index is 0.0776. The molecule has 2 heterocycles. The highest BCUT2D eigenvalue weighted by Crippen LogP contribution is 2.38. The van der Waals surface area contributed by atoms with Crippen LogP contribution in [0.4, 0.5) is 13.2 Å². The van der Waals surface area contributed by atoms with Crippen LogP contribution in [0.25, 0.3) is 0 Å². The van der Waals surface area contributed by atoms with Gasteiger partial charge in [-0.1, -0.05) is 0 Å². The maximum absolute atomic E-state index is 12.6. The predicted molar refractivity (Wildman–Crippen MR) is 60.6 cm³/mol. The van der Waals surface area contributed by atoms with Crippen LogP contribution in [0.15, 0.2) is 12.1 Å². The number of hydrogen-bond donors (Lipinski definition) is 1. The van der Waals surface area contributed by atoms with Crippen LogP contribution in [0, 0.1) is 6.92 Å². The minimum Gasteiger partial charge on any atom is -0.379 e. The molecule has 100 valence electrons. The summed E-state index contributed by atoms with van der Waals surface area (Å²) >= 11 is 1.24. The van der Waals surface area contributed by atoms with Gasteiger partial charge in [-0.25, -0.2) is 0 Å². The van der Waals surface area contributed by atoms with Gasteiger partial charge in [0.1, 0.15) is 0 Å². The molecule has 1 atom stereocenters. The number of rotatable bonds is 1. The Hall–Kier alpha value is -1.08. The molecule has 0 spiro atoms. The lowest BCUT2D eigenvalue weighted by molar-refractivity contribution is -0.253. The van der Waals surface area contributed by atoms with Gasteiger partial charge in [-0.3, -0.25) is 4.79 Å². The second kappa shape index (κ2) is 4.24. The quantitative estimate of drug-likeness (QED) is 0.856. The van der Waals surface area contributed by atoms with Crippen LogP contribution in [-0.4, -0.2) is 40.8 Å². The van der Waals surface area contributed by atoms with Crippen LogP contribution in [0.2, 0.25) is 0 Å². The summed E-state index contributed by atoms with van der Waals surface area (Å²) in [7, 11) is 0. The molecule has 0 aliphatic carbocycles. The molecule has 1 amide bonds. The smallest absolute Gasteiger partial charge is 0.379 e. The molecular weight excluding hydrogens is 267 g/mol. The first-order chi connectivity index (χ1) is 8.23. The van der Waals surface area contributed by atoms with E-state index in [0.29, 0.717) is 4.88 Å². The van der Waals surface area contributed by atoms with Crippen LogP contribution in [0.1, 0.15) is 21.0 Å². The molecule has 3 nitrogen and oxygen atoms in total. The van der Waals surface area contributed by atoms with Gasteiger partial charge in [-0.15, -0.1) is 11.3 Å². The molecule has 1 aliphatic rings. The van der Waals surface area contributed by atoms with E-state index in [2.05, 4.69) is 0 Å². The number of hydrogen-bond acceptors (Lipinski definition) is 3. The zero-order valence-corrected chi connectivity index (χ0v) is 10.4. The lowest BCUT2D eigenvalue weighted by atomic mass is 10.0. The van der Waals surface area contributed by atoms with E-state index in [1.165, 1.54) is 11.3 Å². The minimum atomic E-state index is -4.70. The molecule has 0 radical (unpaired) electrons. The molecule has 0 aromatic carbocycles. The van der Waals surface area contributed by atoms with E-state index in [0.717, 1.165) is 9.78 Å². The van der Waals surface area contributed by atoms with Crippen molar-refractivity contribution in [3.63, 3.8) is 0 Å². The number of β-amino-alcohol motifs (C(OH)–C–C–N with tert-alkyl or cyclic N) is 1. The summed E-state index contributed by atoms with van der Waals surface area (Å²) in [4.78, 5) is 14.3. The van der Waals surface area contributed by atoms with Gasteiger partial charge in [0.05, 0.1) is 11.4 Å². The highest BCUT2D eigenvalue weighted by Gasteiger charge is 2.57. The van der Waals surface area contributed by atoms with Gasteiger partial charge in [0.2, 0.25) is 0 Å². The third kappa shape index (κ3) is 2.24. The van der Waals surface area contributed by atoms with Gasteiger partial charge in [0.25, 0.3) is 5.91 Å². The normalized spacial score (nSPS) is 24.6. The van der Waals surface area contributed by atoms with Gasteiger partial charge < -0.3 is 10.0 Å². The molecule has 1 aromatic heterocycles. The number of aliphatic hydroxyl groups is 1. The topological polar surface area (TPSA) is 40.5 Å². The Morgan fingerprint density at radius 1 is 1.50 bits per heavy atom. The molecule has 1 fully saturated rings. The van der Waals surface area contributed by atoms with E-state index in [4.69, 9.17) is 0 Å². The van der Waals surface area contributed by atoms with Crippen LogP contribution in [0.3, 0.4) is 0 Å². The van der Waals surface area contributed by atoms with Crippen molar-refractivity contribution in [3.05, 3.63) is 21.9 Å². The van der Waals surface area contributed by atoms with E-state index >= 15 is 0 Å². The van der Waals surface area contributed by atoms with E-state index in [-0.39, 0.29) is 6.54 Å². The molecule has 7 heteroatoms. The molecular formula is C11H12F3NO2S. The molecule has 1 aromatic rings. The van der Waals surface area contributed by atoms with Gasteiger partial charge in [-0.05, 0) is 19.1 Å². The van der Waals surface area contributed by atoms with Crippen molar-refractivity contribution in [1.29, 1.82) is 0 Å². The average Bonchev–Trinajstić information content (AvgIpc) is 2.84. The second-order valence-corrected chi connectivity index (χ2v) is 5.70. The van der Waals surface area contributed by atoms with Gasteiger partial charge in [0.15, 0.2) is 5.60 Å². The average molecular weight is 279 g/mol. The van der Waals surface area contributed by atoms with E-state index in [9.17, 15) is 23.1 Å². The molecule has 1 aliphatic heterocycles. The number of carbonyl (C=O) groups excluding carboxylic acids is 1. The Morgan fingerprint density at radius 2 is 2.17 bits per heavy atom. The van der Waals surface area contributed by atoms with Crippen molar-refractivity contribution in [3.8, 4) is 0 Å². The van der Waals surface area contributed by atoms with Crippen LogP contribution >= 0.6 is 11.3 Å². The highest BCUT2D eigenvalue weighted by molar-refractivity contribution is 7.13. The zero-order chi connectivity index (χ0) is 13.6. The number of nitrogens with zero attached hydrogens (tertiary/aromatic N) is 1. The fourth-order valence-corrected chi connectivity index (χ4v) is 2.74. The molecule has 1 saturated heterocycles. The first-order valence-corrected chi connectivity index (χ1v) is 6.19. The van der Waals surface area contributed by atoms with Crippen molar-refractivity contribution < 1.29 is 23.1 Å². The number of likely N-dealkylation sites (tertiary alicyclic amines) is 1. The number of aryl methyl sites for hydroxylation is 1. The zero-order valence-electron chi connectivity index (χ0n) is 9.62. The fourth-order valence-electron chi connectivity index (χ4n) is 1.90. The number of halogens is 3. The largest absolute Gasteiger partial charge is 0.419 e. The van der Waals surface area contributed by atoms with E-state index in [1.807, 2.05) is 6.92 Å². The summed E-state index contributed by atoms with van der Waals surface area (Å²) in [5.74, 6) is -0.451. The maximum atomic E-state index is 12.6. The fraction of sp³-hybridized carbons (Fsp3) is 0.545. The van der Waals surface area contributed by atoms with E-state index in [1.54, 1.807) is 12.1 Å². The second-order valence-electron chi connectivity index (χ2n) is 4.42. The Morgan fingerprint density at radius 3 is 2.61 bits per heavy atom. The van der Waals surface area contributed by atoms with Gasteiger partial charge >= 0.3 is 6.18 Å². The Balaban J connectivity index is 2.12. The summed E-state index contributed by atoms with van der Waals surface area (Å²) in [6.45, 7) is 1.05. The summed E-state index contributed by atoms with van der Waals surface area (Å²) in [6.07, 6.45) is -5.17.